The molecule has 1 aromatic carbocycles. The molecule has 0 unspecified atom stereocenters. The van der Waals surface area contributed by atoms with E-state index in [2.05, 4.69) is 31.2 Å². The van der Waals surface area contributed by atoms with Gasteiger partial charge < -0.3 is 10.3 Å². The van der Waals surface area contributed by atoms with Crippen LogP contribution in [0.25, 0.3) is 11.2 Å². The summed E-state index contributed by atoms with van der Waals surface area (Å²) in [7, 11) is -3.60. The van der Waals surface area contributed by atoms with Gasteiger partial charge in [-0.1, -0.05) is 12.1 Å². The third kappa shape index (κ3) is 3.45. The number of anilines is 2. The minimum atomic E-state index is -3.60. The second-order valence-corrected chi connectivity index (χ2v) is 6.39. The summed E-state index contributed by atoms with van der Waals surface area (Å²) in [6, 6.07) is 6.77. The molecule has 2 aromatic heterocycles. The Morgan fingerprint density at radius 1 is 1.35 bits per heavy atom. The first-order chi connectivity index (χ1) is 10.9. The average molecular weight is 328 g/mol. The minimum Gasteiger partial charge on any atom is -0.341 e. The molecule has 3 rings (SSSR count). The zero-order chi connectivity index (χ0) is 16.4. The fourth-order valence-electron chi connectivity index (χ4n) is 2.09. The first-order valence-electron chi connectivity index (χ1n) is 6.49. The van der Waals surface area contributed by atoms with Crippen LogP contribution in [0.5, 0.6) is 0 Å². The molecule has 2 heterocycles. The van der Waals surface area contributed by atoms with E-state index in [-0.39, 0.29) is 11.7 Å². The molecular weight excluding hydrogens is 316 g/mol. The van der Waals surface area contributed by atoms with Crippen LogP contribution in [0.2, 0.25) is 0 Å². The van der Waals surface area contributed by atoms with Crippen LogP contribution < -0.4 is 10.5 Å². The van der Waals surface area contributed by atoms with Gasteiger partial charge in [-0.05, 0) is 23.6 Å². The van der Waals surface area contributed by atoms with Crippen molar-refractivity contribution < 1.29 is 8.42 Å². The van der Waals surface area contributed by atoms with Gasteiger partial charge in [0.1, 0.15) is 11.2 Å². The van der Waals surface area contributed by atoms with Crippen molar-refractivity contribution >= 4 is 32.8 Å². The number of benzene rings is 1. The normalized spacial score (nSPS) is 11.3. The zero-order valence-corrected chi connectivity index (χ0v) is 12.6. The topological polar surface area (TPSA) is 127 Å². The van der Waals surface area contributed by atoms with Gasteiger partial charge in [0.05, 0.1) is 12.1 Å². The molecule has 0 spiro atoms. The van der Waals surface area contributed by atoms with Gasteiger partial charge in [0.15, 0.2) is 5.65 Å². The van der Waals surface area contributed by atoms with Crippen molar-refractivity contribution in [3.8, 4) is 12.3 Å². The smallest absolute Gasteiger partial charge is 0.230 e. The van der Waals surface area contributed by atoms with E-state index in [1.807, 2.05) is 0 Å². The van der Waals surface area contributed by atoms with Crippen LogP contribution in [-0.2, 0) is 15.8 Å². The molecule has 0 saturated heterocycles. The van der Waals surface area contributed by atoms with E-state index < -0.39 is 10.0 Å². The summed E-state index contributed by atoms with van der Waals surface area (Å²) in [5, 5.41) is 8.03. The van der Waals surface area contributed by atoms with E-state index >= 15 is 0 Å². The Labute approximate surface area is 132 Å². The van der Waals surface area contributed by atoms with Crippen molar-refractivity contribution in [1.82, 2.24) is 19.9 Å². The third-order valence-corrected chi connectivity index (χ3v) is 3.71. The van der Waals surface area contributed by atoms with Crippen LogP contribution >= 0.6 is 0 Å². The van der Waals surface area contributed by atoms with Crippen molar-refractivity contribution in [3.05, 3.63) is 41.9 Å². The minimum absolute atomic E-state index is 0.253. The number of aromatic amines is 1. The van der Waals surface area contributed by atoms with Gasteiger partial charge in [-0.3, -0.25) is 0 Å². The number of hydrogen-bond donors (Lipinski definition) is 3. The van der Waals surface area contributed by atoms with E-state index in [1.165, 1.54) is 6.33 Å². The molecule has 23 heavy (non-hydrogen) atoms. The molecule has 0 aliphatic carbocycles. The zero-order valence-electron chi connectivity index (χ0n) is 11.8. The summed E-state index contributed by atoms with van der Waals surface area (Å²) in [5.74, 6) is 2.48. The molecule has 0 radical (unpaired) electrons. The van der Waals surface area contributed by atoms with Gasteiger partial charge >= 0.3 is 0 Å². The monoisotopic (exact) mass is 328 g/mol. The maximum Gasteiger partial charge on any atom is 0.230 e. The fraction of sp³-hybridized carbons (Fsp3) is 0.0714. The molecule has 0 aliphatic rings. The van der Waals surface area contributed by atoms with Gasteiger partial charge in [-0.25, -0.2) is 23.5 Å². The van der Waals surface area contributed by atoms with Crippen molar-refractivity contribution in [2.24, 2.45) is 5.14 Å². The molecule has 0 aliphatic heterocycles. The maximum absolute atomic E-state index is 11.2. The predicted octanol–water partition coefficient (Wildman–Crippen LogP) is 0.866. The second-order valence-electron chi connectivity index (χ2n) is 4.77. The quantitative estimate of drug-likeness (QED) is 0.610. The highest BCUT2D eigenvalue weighted by molar-refractivity contribution is 7.88. The van der Waals surface area contributed by atoms with Crippen LogP contribution in [0.4, 0.5) is 11.6 Å². The average Bonchev–Trinajstić information content (AvgIpc) is 2.93. The largest absolute Gasteiger partial charge is 0.341 e. The number of imidazole rings is 1. The Bertz CT molecular complexity index is 1020. The third-order valence-electron chi connectivity index (χ3n) is 2.97. The van der Waals surface area contributed by atoms with Crippen LogP contribution in [0.1, 0.15) is 11.3 Å². The van der Waals surface area contributed by atoms with E-state index in [9.17, 15) is 8.42 Å². The Kier molecular flexibility index (Phi) is 3.69. The summed E-state index contributed by atoms with van der Waals surface area (Å²) in [5.41, 5.74) is 2.58. The number of nitrogens with two attached hydrogens (primary N) is 1. The first kappa shape index (κ1) is 15.0. The number of sulfonamides is 1. The molecule has 9 heteroatoms. The number of nitrogens with one attached hydrogen (secondary N) is 2. The molecular formula is C14H12N6O2S. The number of rotatable bonds is 4. The van der Waals surface area contributed by atoms with Crippen molar-refractivity contribution in [3.63, 3.8) is 0 Å². The molecule has 4 N–H and O–H groups in total. The van der Waals surface area contributed by atoms with Crippen molar-refractivity contribution in [1.29, 1.82) is 0 Å². The molecule has 0 saturated carbocycles. The number of nitrogens with zero attached hydrogens (tertiary/aromatic N) is 3. The molecule has 3 aromatic rings. The molecule has 0 amide bonds. The lowest BCUT2D eigenvalue weighted by molar-refractivity contribution is 0.597. The van der Waals surface area contributed by atoms with Crippen LogP contribution in [0, 0.1) is 12.3 Å². The molecule has 0 bridgehead atoms. The van der Waals surface area contributed by atoms with Gasteiger partial charge in [-0.2, -0.15) is 4.98 Å². The number of terminal acetylenes is 1. The first-order valence-corrected chi connectivity index (χ1v) is 8.20. The number of aromatic nitrogens is 4. The summed E-state index contributed by atoms with van der Waals surface area (Å²) in [4.78, 5) is 15.4. The number of hydrogen-bond acceptors (Lipinski definition) is 6. The lowest BCUT2D eigenvalue weighted by Gasteiger charge is -2.07. The van der Waals surface area contributed by atoms with Crippen LogP contribution in [-0.4, -0.2) is 28.4 Å². The second kappa shape index (κ2) is 5.68. The highest BCUT2D eigenvalue weighted by Crippen LogP contribution is 2.19. The van der Waals surface area contributed by atoms with E-state index in [1.54, 1.807) is 24.3 Å². The van der Waals surface area contributed by atoms with Crippen molar-refractivity contribution in [2.45, 2.75) is 5.75 Å². The van der Waals surface area contributed by atoms with E-state index in [0.29, 0.717) is 28.1 Å². The summed E-state index contributed by atoms with van der Waals surface area (Å²) < 4.78 is 22.3. The number of fused-ring (bicyclic) bond motifs is 1. The summed E-state index contributed by atoms with van der Waals surface area (Å²) >= 11 is 0. The van der Waals surface area contributed by atoms with Crippen molar-refractivity contribution in [2.75, 3.05) is 5.32 Å². The lowest BCUT2D eigenvalue weighted by Crippen LogP contribution is -2.14. The molecule has 0 fully saturated rings. The van der Waals surface area contributed by atoms with Gasteiger partial charge in [0, 0.05) is 5.69 Å². The standard InChI is InChI=1S/C14H12N6O2S/c1-2-11-12-13(17-8-16-12)20-14(19-11)18-10-5-3-4-9(6-10)7-23(15,21)22/h1,3-6,8H,7H2,(H2,15,21,22)(H2,16,17,18,19,20). The van der Waals surface area contributed by atoms with Crippen LogP contribution in [0.3, 0.4) is 0 Å². The predicted molar refractivity (Wildman–Crippen MR) is 86.2 cm³/mol. The van der Waals surface area contributed by atoms with E-state index in [4.69, 9.17) is 11.6 Å². The summed E-state index contributed by atoms with van der Waals surface area (Å²) in [6.07, 6.45) is 6.92. The summed E-state index contributed by atoms with van der Waals surface area (Å²) in [6.45, 7) is 0. The molecule has 0 atom stereocenters. The maximum atomic E-state index is 11.2. The lowest BCUT2D eigenvalue weighted by atomic mass is 10.2. The Balaban J connectivity index is 1.93. The molecule has 8 nitrogen and oxygen atoms in total. The van der Waals surface area contributed by atoms with Gasteiger partial charge in [-0.15, -0.1) is 6.42 Å². The Morgan fingerprint density at radius 3 is 2.91 bits per heavy atom. The number of primary sulfonamides is 1. The highest BCUT2D eigenvalue weighted by atomic mass is 32.2. The Morgan fingerprint density at radius 2 is 2.17 bits per heavy atom. The van der Waals surface area contributed by atoms with Crippen LogP contribution in [0.15, 0.2) is 30.6 Å². The number of H-pyrrole nitrogens is 1. The molecule has 116 valence electrons. The van der Waals surface area contributed by atoms with E-state index in [0.717, 1.165) is 0 Å². The van der Waals surface area contributed by atoms with Gasteiger partial charge in [0.25, 0.3) is 0 Å². The highest BCUT2D eigenvalue weighted by Gasteiger charge is 2.09. The fourth-order valence-corrected chi connectivity index (χ4v) is 2.74. The van der Waals surface area contributed by atoms with Gasteiger partial charge in [0.2, 0.25) is 16.0 Å². The Hall–Kier alpha value is -2.96. The SMILES string of the molecule is C#Cc1nc(Nc2cccc(CS(N)(=O)=O)c2)nc2nc[nH]c12.